The molecule has 1 amide bonds. The molecule has 1 aromatic carbocycles. The van der Waals surface area contributed by atoms with E-state index in [4.69, 9.17) is 34.9 Å². The smallest absolute Gasteiger partial charge is 0.255 e. The second kappa shape index (κ2) is 10.1. The maximum absolute atomic E-state index is 13.7. The van der Waals surface area contributed by atoms with Crippen LogP contribution in [0.2, 0.25) is 5.02 Å². The molecule has 14 nitrogen and oxygen atoms in total. The molecule has 3 aliphatic rings. The number of amides is 1. The number of aliphatic hydroxyl groups is 3. The lowest BCUT2D eigenvalue weighted by Crippen LogP contribution is -2.65. The van der Waals surface area contributed by atoms with Gasteiger partial charge in [0, 0.05) is 42.1 Å². The van der Waals surface area contributed by atoms with Crippen LogP contribution >= 0.6 is 11.6 Å². The highest BCUT2D eigenvalue weighted by molar-refractivity contribution is 7.79. The molecule has 3 aliphatic carbocycles. The third-order valence-electron chi connectivity index (χ3n) is 7.09. The summed E-state index contributed by atoms with van der Waals surface area (Å²) in [5, 5.41) is 44.3. The lowest BCUT2D eigenvalue weighted by Gasteiger charge is -2.50. The predicted molar refractivity (Wildman–Crippen MR) is 134 cm³/mol. The van der Waals surface area contributed by atoms with Gasteiger partial charge in [0.25, 0.3) is 5.91 Å². The lowest BCUT2D eigenvalue weighted by molar-refractivity contribution is -0.153. The summed E-state index contributed by atoms with van der Waals surface area (Å²) in [7, 11) is 1.43. The van der Waals surface area contributed by atoms with Crippen molar-refractivity contribution in [3.8, 4) is 5.75 Å². The summed E-state index contributed by atoms with van der Waals surface area (Å²) in [5.74, 6) is -6.90. The van der Waals surface area contributed by atoms with Crippen LogP contribution in [0.3, 0.4) is 0 Å². The first kappa shape index (κ1) is 30.3. The summed E-state index contributed by atoms with van der Waals surface area (Å²) in [5.41, 5.74) is 2.68. The Morgan fingerprint density at radius 3 is 2.15 bits per heavy atom. The Kier molecular flexibility index (Phi) is 7.84. The molecular formula is C23H26ClN3O11S-2. The number of aliphatic hydroxyl groups excluding tert-OH is 2. The first-order valence-electron chi connectivity index (χ1n) is 11.3. The molecule has 0 radical (unpaired) electrons. The number of carbonyl (C=O) groups excluding carboxylic acids is 3. The van der Waals surface area contributed by atoms with Crippen LogP contribution in [0.5, 0.6) is 5.75 Å². The number of halogens is 1. The quantitative estimate of drug-likeness (QED) is 0.168. The minimum absolute atomic E-state index is 0.00406. The number of nitrogens with two attached hydrogens (primary N) is 1. The highest BCUT2D eigenvalue weighted by Gasteiger charge is 2.64. The number of anilines is 1. The highest BCUT2D eigenvalue weighted by Crippen LogP contribution is 2.54. The number of phenolic OH excluding ortho intramolecular Hbond substituents is 1. The van der Waals surface area contributed by atoms with Gasteiger partial charge in [-0.3, -0.25) is 27.7 Å². The predicted octanol–water partition coefficient (Wildman–Crippen LogP) is -0.655. The molecule has 0 bridgehead atoms. The van der Waals surface area contributed by atoms with Crippen molar-refractivity contribution < 1.29 is 52.3 Å². The minimum Gasteiger partial charge on any atom is -0.759 e. The number of Topliss-reactive ketones (excluding diaryl/α,β-unsaturated/α-hetero) is 2. The number of ketones is 2. The first-order valence-corrected chi connectivity index (χ1v) is 13.0. The van der Waals surface area contributed by atoms with Crippen LogP contribution < -0.4 is 10.6 Å². The maximum atomic E-state index is 13.7. The number of hydrogen-bond donors (Lipinski definition) is 5. The van der Waals surface area contributed by atoms with Crippen molar-refractivity contribution in [1.82, 2.24) is 4.90 Å². The Bertz CT molecular complexity index is 1440. The molecule has 4 atom stereocenters. The number of fused-ring (bicyclic) bond motifs is 3. The van der Waals surface area contributed by atoms with E-state index in [2.05, 4.69) is 0 Å². The molecule has 16 heteroatoms. The molecule has 1 aromatic rings. The van der Waals surface area contributed by atoms with E-state index in [-0.39, 0.29) is 34.8 Å². The first-order chi connectivity index (χ1) is 17.7. The fraction of sp³-hybridized carbons (Fsp3) is 0.435. The van der Waals surface area contributed by atoms with Crippen molar-refractivity contribution in [1.29, 1.82) is 0 Å². The highest BCUT2D eigenvalue weighted by atomic mass is 35.5. The number of phenols is 1. The van der Waals surface area contributed by atoms with Crippen molar-refractivity contribution in [2.24, 2.45) is 17.6 Å². The Morgan fingerprint density at radius 2 is 1.69 bits per heavy atom. The third-order valence-corrected chi connectivity index (χ3v) is 7.38. The summed E-state index contributed by atoms with van der Waals surface area (Å²) in [6.45, 7) is 0. The van der Waals surface area contributed by atoms with Crippen LogP contribution in [0.1, 0.15) is 17.5 Å². The van der Waals surface area contributed by atoms with Gasteiger partial charge in [0.1, 0.15) is 22.8 Å². The Labute approximate surface area is 228 Å². The van der Waals surface area contributed by atoms with E-state index in [0.717, 1.165) is 0 Å². The van der Waals surface area contributed by atoms with E-state index in [1.165, 1.54) is 11.0 Å². The Hall–Kier alpha value is -3.21. The van der Waals surface area contributed by atoms with Gasteiger partial charge >= 0.3 is 0 Å². The number of carbonyl (C=O) groups is 3. The van der Waals surface area contributed by atoms with Gasteiger partial charge in [-0.05, 0) is 38.4 Å². The van der Waals surface area contributed by atoms with Crippen LogP contribution in [0.25, 0.3) is 5.76 Å². The zero-order chi connectivity index (χ0) is 29.9. The summed E-state index contributed by atoms with van der Waals surface area (Å²) in [4.78, 5) is 42.0. The number of rotatable bonds is 3. The molecule has 39 heavy (non-hydrogen) atoms. The molecule has 4 unspecified atom stereocenters. The molecule has 1 fully saturated rings. The van der Waals surface area contributed by atoms with E-state index >= 15 is 0 Å². The summed E-state index contributed by atoms with van der Waals surface area (Å²) in [6.07, 6.45) is 0.197. The summed E-state index contributed by atoms with van der Waals surface area (Å²) in [6, 6.07) is 0.125. The van der Waals surface area contributed by atoms with Crippen molar-refractivity contribution >= 4 is 50.9 Å². The van der Waals surface area contributed by atoms with Crippen molar-refractivity contribution in [2.75, 3.05) is 33.1 Å². The zero-order valence-electron chi connectivity index (χ0n) is 21.1. The van der Waals surface area contributed by atoms with E-state index in [9.17, 15) is 34.8 Å². The standard InChI is InChI=1S/C23H26ClN3O7.H2O4S/c1-26(2)16-9-5-8-6-10-17(27(3)4)19(30)15(22(25)33)21(32)23(10,34)20(31)13(8)18(29)14(9)12(28)7-11(16)24;1-5(2,3)4/h7-8,10,17,28-29,32,34H,5-6H2,1-4H3,(H2,25,33);(H2,1,2,3,4)/p-2. The average molecular weight is 588 g/mol. The van der Waals surface area contributed by atoms with Crippen LogP contribution in [0.4, 0.5) is 5.69 Å². The van der Waals surface area contributed by atoms with Crippen LogP contribution in [0.15, 0.2) is 23.0 Å². The van der Waals surface area contributed by atoms with Gasteiger partial charge in [-0.15, -0.1) is 0 Å². The molecule has 0 spiro atoms. The maximum Gasteiger partial charge on any atom is 0.255 e. The molecule has 0 aliphatic heterocycles. The van der Waals surface area contributed by atoms with Crippen LogP contribution in [0, 0.1) is 11.8 Å². The van der Waals surface area contributed by atoms with Crippen molar-refractivity contribution in [3.63, 3.8) is 0 Å². The Morgan fingerprint density at radius 1 is 1.15 bits per heavy atom. The number of benzene rings is 1. The largest absolute Gasteiger partial charge is 0.759 e. The van der Waals surface area contributed by atoms with E-state index in [0.29, 0.717) is 11.3 Å². The molecular weight excluding hydrogens is 562 g/mol. The number of nitrogens with zero attached hydrogens (tertiary/aromatic N) is 2. The molecule has 214 valence electrons. The van der Waals surface area contributed by atoms with Gasteiger partial charge in [0.15, 0.2) is 11.4 Å². The Balaban J connectivity index is 0.000000771. The molecule has 0 aromatic heterocycles. The molecule has 6 N–H and O–H groups in total. The van der Waals surface area contributed by atoms with Crippen molar-refractivity contribution in [3.05, 3.63) is 39.1 Å². The molecule has 4 rings (SSSR count). The lowest BCUT2D eigenvalue weighted by atomic mass is 9.57. The zero-order valence-corrected chi connectivity index (χ0v) is 22.7. The van der Waals surface area contributed by atoms with Crippen LogP contribution in [-0.2, 0) is 31.2 Å². The molecule has 0 saturated heterocycles. The van der Waals surface area contributed by atoms with Gasteiger partial charge in [-0.2, -0.15) is 0 Å². The number of aromatic hydroxyl groups is 1. The summed E-state index contributed by atoms with van der Waals surface area (Å²) < 4.78 is 34.1. The number of likely N-dealkylation sites (N-methyl/N-ethyl adjacent to an activating group) is 1. The normalized spacial score (nSPS) is 26.4. The molecule has 1 saturated carbocycles. The van der Waals surface area contributed by atoms with Gasteiger partial charge in [-0.1, -0.05) is 11.6 Å². The topological polar surface area (TPSA) is 245 Å². The fourth-order valence-electron chi connectivity index (χ4n) is 5.76. The van der Waals surface area contributed by atoms with Crippen LogP contribution in [-0.4, -0.2) is 100 Å². The second-order valence-electron chi connectivity index (χ2n) is 9.84. The average Bonchev–Trinajstić information content (AvgIpc) is 2.74. The van der Waals surface area contributed by atoms with Crippen molar-refractivity contribution in [2.45, 2.75) is 24.5 Å². The fourth-order valence-corrected chi connectivity index (χ4v) is 6.14. The van der Waals surface area contributed by atoms with Gasteiger partial charge in [0.2, 0.25) is 5.78 Å². The van der Waals surface area contributed by atoms with Gasteiger partial charge in [-0.25, -0.2) is 0 Å². The van der Waals surface area contributed by atoms with E-state index in [1.54, 1.807) is 33.1 Å². The van der Waals surface area contributed by atoms with E-state index in [1.807, 2.05) is 0 Å². The SMILES string of the molecule is CN(C)c1c(Cl)cc(O)c2c1CC1CC3C(N(C)C)C(=O)C(C(N)=O)=C(O)C3(O)C(=O)C1=C2O.O=S(=O)([O-])[O-]. The third kappa shape index (κ3) is 4.97. The van der Waals surface area contributed by atoms with Gasteiger partial charge in [0.05, 0.1) is 22.3 Å². The summed E-state index contributed by atoms with van der Waals surface area (Å²) >= 11 is 6.35. The molecule has 0 heterocycles. The van der Waals surface area contributed by atoms with Gasteiger partial charge < -0.3 is 40.2 Å². The number of hydrogen-bond acceptors (Lipinski definition) is 13. The number of primary amides is 1. The minimum atomic E-state index is -5.17. The van der Waals surface area contributed by atoms with E-state index < -0.39 is 68.4 Å². The monoisotopic (exact) mass is 587 g/mol. The second-order valence-corrected chi connectivity index (χ2v) is 11.1.